The lowest BCUT2D eigenvalue weighted by Crippen LogP contribution is -2.45. The zero-order chi connectivity index (χ0) is 81.2. The second-order valence-electron chi connectivity index (χ2n) is 28.4. The van der Waals surface area contributed by atoms with E-state index >= 15 is 0 Å². The van der Waals surface area contributed by atoms with Crippen molar-refractivity contribution in [3.8, 4) is 0 Å². The molecule has 0 heterocycles. The van der Waals surface area contributed by atoms with Crippen LogP contribution in [0.4, 0.5) is 0 Å². The van der Waals surface area contributed by atoms with Crippen LogP contribution in [-0.4, -0.2) is 308 Å². The van der Waals surface area contributed by atoms with Crippen molar-refractivity contribution in [3.63, 3.8) is 0 Å². The van der Waals surface area contributed by atoms with Crippen molar-refractivity contribution < 1.29 is 124 Å². The normalized spacial score (nSPS) is 13.9. The van der Waals surface area contributed by atoms with Crippen molar-refractivity contribution >= 4 is 110 Å². The Hall–Kier alpha value is 0.993. The summed E-state index contributed by atoms with van der Waals surface area (Å²) in [6.45, 7) is 0.513. The molecule has 0 saturated carbocycles. The number of rotatable bonds is 78. The van der Waals surface area contributed by atoms with E-state index in [9.17, 15) is 4.79 Å². The molecule has 0 aromatic rings. The molecule has 29 nitrogen and oxygen atoms in total. The highest BCUT2D eigenvalue weighted by Gasteiger charge is 2.49. The monoisotopic (exact) mass is 1750 g/mol. The summed E-state index contributed by atoms with van der Waals surface area (Å²) in [5.41, 5.74) is -0.336. The highest BCUT2D eigenvalue weighted by atomic mass is 28.4. The van der Waals surface area contributed by atoms with Crippen LogP contribution >= 0.6 is 0 Å². The van der Waals surface area contributed by atoms with Gasteiger partial charge < -0.3 is 125 Å². The molecule has 0 aromatic carbocycles. The summed E-state index contributed by atoms with van der Waals surface area (Å²) in [4.78, 5) is 13.3. The van der Waals surface area contributed by atoms with Gasteiger partial charge in [0.05, 0.1) is 24.2 Å². The third-order valence-electron chi connectivity index (χ3n) is 23.9. The molecule has 0 aliphatic rings. The summed E-state index contributed by atoms with van der Waals surface area (Å²) in [6.07, 6.45) is 14.1. The Morgan fingerprint density at radius 1 is 0.187 bits per heavy atom. The summed E-state index contributed by atoms with van der Waals surface area (Å²) in [5, 5.41) is 3.38. The van der Waals surface area contributed by atoms with E-state index in [2.05, 4.69) is 5.32 Å². The molecule has 41 heteroatoms. The zero-order valence-electron chi connectivity index (χ0n) is 72.2. The van der Waals surface area contributed by atoms with Crippen molar-refractivity contribution in [2.75, 3.05) is 199 Å². The van der Waals surface area contributed by atoms with E-state index in [1.54, 1.807) is 192 Å². The summed E-state index contributed by atoms with van der Waals surface area (Å²) >= 11 is 0. The van der Waals surface area contributed by atoms with E-state index in [0.29, 0.717) is 60.9 Å². The molecule has 1 amide bonds. The fourth-order valence-corrected chi connectivity index (χ4v) is 51.1. The molecule has 0 aliphatic heterocycles. The lowest BCUT2D eigenvalue weighted by Gasteiger charge is -2.40. The van der Waals surface area contributed by atoms with Gasteiger partial charge in [0, 0.05) is 253 Å². The van der Waals surface area contributed by atoms with Crippen LogP contribution in [0.2, 0.25) is 127 Å². The largest absolute Gasteiger partial charge is 0.500 e. The SMILES string of the molecule is CO[Si](CCC[Si](CCCC(CCC[Si](CCC[Si](OC)(OC)OC)(CCC[Si](OC)(OC)OC)CCC[Si](OC)(OC)OC)(CCC[Si](CCC[Si](OC)(OC)OC)(CCC[Si](OC)(OC)OC)CCC[Si](OC)(OC)OC)CNC=O)(CCC[Si](OC)(OC)OC)CCC[Si](OC)(OC)OC)(OC)OC. The van der Waals surface area contributed by atoms with Gasteiger partial charge in [0.25, 0.3) is 0 Å². The van der Waals surface area contributed by atoms with Gasteiger partial charge in [-0.05, 0) is 24.7 Å². The van der Waals surface area contributed by atoms with Gasteiger partial charge in [0.1, 0.15) is 0 Å². The van der Waals surface area contributed by atoms with E-state index in [0.717, 1.165) is 175 Å². The summed E-state index contributed by atoms with van der Waals surface area (Å²) < 4.78 is 164. The molecular weight excluding hydrogens is 1590 g/mol. The topological polar surface area (TPSA) is 278 Å². The van der Waals surface area contributed by atoms with Crippen molar-refractivity contribution in [2.45, 2.75) is 223 Å². The third kappa shape index (κ3) is 35.2. The molecule has 0 spiro atoms. The fraction of sp³-hybridized carbons (Fsp3) is 0.985. The lowest BCUT2D eigenvalue weighted by molar-refractivity contribution is -0.110. The van der Waals surface area contributed by atoms with Crippen LogP contribution in [0.1, 0.15) is 96.3 Å². The summed E-state index contributed by atoms with van der Waals surface area (Å²) in [7, 11) is 11.7. The molecule has 642 valence electrons. The highest BCUT2D eigenvalue weighted by molar-refractivity contribution is 6.81. The average Bonchev–Trinajstić information content (AvgIpc) is 0.827. The van der Waals surface area contributed by atoms with Crippen LogP contribution in [0.15, 0.2) is 0 Å². The summed E-state index contributed by atoms with van der Waals surface area (Å²) in [5.74, 6) is 0. The van der Waals surface area contributed by atoms with Crippen LogP contribution in [0.25, 0.3) is 0 Å². The van der Waals surface area contributed by atoms with E-state index in [1.807, 2.05) is 0 Å². The van der Waals surface area contributed by atoms with Gasteiger partial charge in [-0.25, -0.2) is 0 Å². The van der Waals surface area contributed by atoms with Crippen LogP contribution in [0.3, 0.4) is 0 Å². The molecule has 0 rings (SSSR count). The Morgan fingerprint density at radius 3 is 0.402 bits per heavy atom. The third-order valence-corrected chi connectivity index (χ3v) is 66.4. The van der Waals surface area contributed by atoms with E-state index in [1.165, 1.54) is 0 Å². The number of amides is 1. The molecule has 107 heavy (non-hydrogen) atoms. The van der Waals surface area contributed by atoms with Gasteiger partial charge in [-0.1, -0.05) is 150 Å². The quantitative estimate of drug-likeness (QED) is 0.0437. The Bertz CT molecular complexity index is 1690. The second-order valence-corrected chi connectivity index (χ2v) is 71.2. The maximum Gasteiger partial charge on any atom is 0.500 e. The number of nitrogens with one attached hydrogen (secondary N) is 1. The maximum atomic E-state index is 13.3. The van der Waals surface area contributed by atoms with E-state index < -0.39 is 103 Å². The minimum atomic E-state index is -2.98. The molecule has 0 aromatic heterocycles. The average molecular weight is 1750 g/mol. The standard InChI is InChI=1S/C66H157NO28Si12/c1-69-99(70-2,71-3)55-31-46-96(47-32-56-100(72-4,73-5)74-6,48-33-57-101(75-7,76-8)77-9)43-28-40-66(64-67-65-68,41-29-44-97(49-34-58-102(78-10,79-11)80-12,50-35-59-103(81-13,82-14)83-15)51-36-60-104(84-16,85-17)86-18)42-30-45-98(52-37-61-105(87-19,88-20)89-21,53-38-62-106(90-22,91-23)92-24)54-39-63-107(93-25,94-26)95-27/h65H,28-64H2,1-27H3,(H,67,68). The van der Waals surface area contributed by atoms with Crippen molar-refractivity contribution in [1.82, 2.24) is 5.32 Å². The smallest absolute Gasteiger partial charge is 0.377 e. The minimum Gasteiger partial charge on any atom is -0.377 e. The van der Waals surface area contributed by atoms with Crippen LogP contribution < -0.4 is 5.32 Å². The molecule has 0 atom stereocenters. The number of carbonyl (C=O) groups is 1. The molecule has 0 saturated heterocycles. The van der Waals surface area contributed by atoms with Crippen LogP contribution in [0, 0.1) is 5.41 Å². The van der Waals surface area contributed by atoms with Gasteiger partial charge in [0.2, 0.25) is 6.41 Å². The molecule has 0 radical (unpaired) electrons. The highest BCUT2D eigenvalue weighted by Crippen LogP contribution is 2.46. The van der Waals surface area contributed by atoms with Crippen LogP contribution in [0.5, 0.6) is 0 Å². The first kappa shape index (κ1) is 108. The second kappa shape index (κ2) is 57.2. The van der Waals surface area contributed by atoms with E-state index in [4.69, 9.17) is 120 Å². The predicted molar refractivity (Wildman–Crippen MR) is 445 cm³/mol. The molecule has 0 unspecified atom stereocenters. The molecule has 0 aliphatic carbocycles. The molecule has 0 fully saturated rings. The Kier molecular flexibility index (Phi) is 57.7. The van der Waals surface area contributed by atoms with Gasteiger partial charge in [-0.15, -0.1) is 0 Å². The Labute approximate surface area is 662 Å². The van der Waals surface area contributed by atoms with Crippen molar-refractivity contribution in [1.29, 1.82) is 0 Å². The molecule has 0 bridgehead atoms. The van der Waals surface area contributed by atoms with Crippen LogP contribution in [-0.2, 0) is 124 Å². The first-order valence-electron chi connectivity index (χ1n) is 38.3. The molecule has 1 N–H and O–H groups in total. The Morgan fingerprint density at radius 2 is 0.299 bits per heavy atom. The first-order chi connectivity index (χ1) is 51.2. The summed E-state index contributed by atoms with van der Waals surface area (Å²) in [6, 6.07) is 18.1. The minimum absolute atomic E-state index is 0.336. The Balaban J connectivity index is 9.35. The lowest BCUT2D eigenvalue weighted by atomic mass is 9.75. The van der Waals surface area contributed by atoms with E-state index in [-0.39, 0.29) is 5.41 Å². The van der Waals surface area contributed by atoms with Crippen molar-refractivity contribution in [2.24, 2.45) is 5.41 Å². The van der Waals surface area contributed by atoms with Gasteiger partial charge in [-0.3, -0.25) is 4.79 Å². The zero-order valence-corrected chi connectivity index (χ0v) is 84.2. The van der Waals surface area contributed by atoms with Gasteiger partial charge >= 0.3 is 79.2 Å². The van der Waals surface area contributed by atoms with Gasteiger partial charge in [0.15, 0.2) is 0 Å². The number of hydrogen-bond donors (Lipinski definition) is 1. The maximum absolute atomic E-state index is 13.3. The number of carbonyl (C=O) groups excluding carboxylic acids is 1. The predicted octanol–water partition coefficient (Wildman–Crippen LogP) is 12.8. The van der Waals surface area contributed by atoms with Crippen molar-refractivity contribution in [3.05, 3.63) is 0 Å². The molecular formula is C66H157NO28Si12. The fourth-order valence-electron chi connectivity index (χ4n) is 16.8. The first-order valence-corrected chi connectivity index (χ1v) is 64.1. The number of hydrogen-bond acceptors (Lipinski definition) is 28. The van der Waals surface area contributed by atoms with Gasteiger partial charge in [-0.2, -0.15) is 0 Å².